The van der Waals surface area contributed by atoms with Crippen LogP contribution in [-0.2, 0) is 6.54 Å². The molecule has 1 heterocycles. The van der Waals surface area contributed by atoms with Gasteiger partial charge in [-0.2, -0.15) is 13.2 Å². The lowest BCUT2D eigenvalue weighted by molar-refractivity contribution is -0.132. The first kappa shape index (κ1) is 13.4. The zero-order valence-electron chi connectivity index (χ0n) is 8.92. The van der Waals surface area contributed by atoms with E-state index in [1.807, 2.05) is 0 Å². The summed E-state index contributed by atoms with van der Waals surface area (Å²) in [6, 6.07) is 2.87. The summed E-state index contributed by atoms with van der Waals surface area (Å²) in [5, 5.41) is 2.18. The summed E-state index contributed by atoms with van der Waals surface area (Å²) < 4.78 is 35.5. The molecule has 0 saturated heterocycles. The van der Waals surface area contributed by atoms with Gasteiger partial charge in [0.2, 0.25) is 0 Å². The lowest BCUT2D eigenvalue weighted by atomic mass is 10.2. The standard InChI is InChI=1S/C10H12F3N3O/c11-10(12,13)2-4-16-9(17)7-1-3-15-8(5-7)6-14/h1,3,5H,2,4,6,14H2,(H,16,17). The molecule has 4 nitrogen and oxygen atoms in total. The van der Waals surface area contributed by atoms with Gasteiger partial charge in [0.05, 0.1) is 12.1 Å². The Kier molecular flexibility index (Phi) is 4.45. The summed E-state index contributed by atoms with van der Waals surface area (Å²) in [6.45, 7) is -0.272. The van der Waals surface area contributed by atoms with Crippen LogP contribution < -0.4 is 11.1 Å². The SMILES string of the molecule is NCc1cc(C(=O)NCCC(F)(F)F)ccn1. The second kappa shape index (κ2) is 5.62. The maximum Gasteiger partial charge on any atom is 0.390 e. The van der Waals surface area contributed by atoms with Crippen molar-refractivity contribution in [2.45, 2.75) is 19.1 Å². The van der Waals surface area contributed by atoms with Crippen LogP contribution in [0.3, 0.4) is 0 Å². The fraction of sp³-hybridized carbons (Fsp3) is 0.400. The van der Waals surface area contributed by atoms with E-state index in [1.54, 1.807) is 0 Å². The summed E-state index contributed by atoms with van der Waals surface area (Å²) in [7, 11) is 0. The fourth-order valence-electron chi connectivity index (χ4n) is 1.15. The molecule has 0 saturated carbocycles. The molecule has 0 fully saturated rings. The molecule has 1 aromatic rings. The molecule has 0 aromatic carbocycles. The first-order valence-corrected chi connectivity index (χ1v) is 4.92. The summed E-state index contributed by atoms with van der Waals surface area (Å²) in [5.74, 6) is -0.564. The van der Waals surface area contributed by atoms with Crippen molar-refractivity contribution in [2.75, 3.05) is 6.54 Å². The van der Waals surface area contributed by atoms with E-state index in [9.17, 15) is 18.0 Å². The Morgan fingerprint density at radius 2 is 2.18 bits per heavy atom. The molecule has 17 heavy (non-hydrogen) atoms. The van der Waals surface area contributed by atoms with Gasteiger partial charge in [-0.05, 0) is 12.1 Å². The van der Waals surface area contributed by atoms with Crippen molar-refractivity contribution in [3.8, 4) is 0 Å². The topological polar surface area (TPSA) is 68.0 Å². The average Bonchev–Trinajstić information content (AvgIpc) is 2.27. The minimum Gasteiger partial charge on any atom is -0.352 e. The molecule has 7 heteroatoms. The Balaban J connectivity index is 2.52. The van der Waals surface area contributed by atoms with Gasteiger partial charge in [0.1, 0.15) is 0 Å². The zero-order valence-corrected chi connectivity index (χ0v) is 8.92. The molecule has 0 spiro atoms. The number of nitrogens with zero attached hydrogens (tertiary/aromatic N) is 1. The van der Waals surface area contributed by atoms with Crippen LogP contribution in [0.15, 0.2) is 18.3 Å². The zero-order chi connectivity index (χ0) is 12.9. The highest BCUT2D eigenvalue weighted by Crippen LogP contribution is 2.18. The molecule has 94 valence electrons. The smallest absolute Gasteiger partial charge is 0.352 e. The van der Waals surface area contributed by atoms with Crippen molar-refractivity contribution in [3.63, 3.8) is 0 Å². The molecule has 0 atom stereocenters. The van der Waals surface area contributed by atoms with Crippen molar-refractivity contribution in [1.29, 1.82) is 0 Å². The van der Waals surface area contributed by atoms with Crippen LogP contribution in [0.4, 0.5) is 13.2 Å². The highest BCUT2D eigenvalue weighted by Gasteiger charge is 2.26. The second-order valence-electron chi connectivity index (χ2n) is 3.36. The van der Waals surface area contributed by atoms with E-state index < -0.39 is 25.0 Å². The van der Waals surface area contributed by atoms with Gasteiger partial charge in [0, 0.05) is 24.8 Å². The third kappa shape index (κ3) is 4.81. The number of aromatic nitrogens is 1. The van der Waals surface area contributed by atoms with Gasteiger partial charge in [-0.25, -0.2) is 0 Å². The van der Waals surface area contributed by atoms with E-state index >= 15 is 0 Å². The predicted molar refractivity (Wildman–Crippen MR) is 55.1 cm³/mol. The van der Waals surface area contributed by atoms with Gasteiger partial charge in [-0.15, -0.1) is 0 Å². The normalized spacial score (nSPS) is 11.3. The molecule has 0 aliphatic rings. The second-order valence-corrected chi connectivity index (χ2v) is 3.36. The van der Waals surface area contributed by atoms with Gasteiger partial charge in [0.15, 0.2) is 0 Å². The molecule has 0 aliphatic carbocycles. The third-order valence-corrected chi connectivity index (χ3v) is 1.98. The van der Waals surface area contributed by atoms with Crippen molar-refractivity contribution in [2.24, 2.45) is 5.73 Å². The third-order valence-electron chi connectivity index (χ3n) is 1.98. The molecule has 0 radical (unpaired) electrons. The minimum absolute atomic E-state index is 0.170. The van der Waals surface area contributed by atoms with E-state index in [0.29, 0.717) is 5.69 Å². The van der Waals surface area contributed by atoms with E-state index in [2.05, 4.69) is 10.3 Å². The number of rotatable bonds is 4. The summed E-state index contributed by atoms with van der Waals surface area (Å²) in [5.41, 5.74) is 6.09. The molecule has 1 amide bonds. The van der Waals surface area contributed by atoms with Crippen LogP contribution >= 0.6 is 0 Å². The average molecular weight is 247 g/mol. The predicted octanol–water partition coefficient (Wildman–Crippen LogP) is 1.22. The van der Waals surface area contributed by atoms with Gasteiger partial charge in [-0.3, -0.25) is 9.78 Å². The van der Waals surface area contributed by atoms with Crippen LogP contribution in [0, 0.1) is 0 Å². The van der Waals surface area contributed by atoms with Crippen LogP contribution in [0.2, 0.25) is 0 Å². The first-order valence-electron chi connectivity index (χ1n) is 4.92. The summed E-state index contributed by atoms with van der Waals surface area (Å²) in [4.78, 5) is 15.3. The molecule has 0 unspecified atom stereocenters. The van der Waals surface area contributed by atoms with Crippen LogP contribution in [-0.4, -0.2) is 23.6 Å². The Labute approximate surface area is 96.0 Å². The molecule has 0 aliphatic heterocycles. The molecule has 1 rings (SSSR count). The molecular weight excluding hydrogens is 235 g/mol. The van der Waals surface area contributed by atoms with Gasteiger partial charge in [0.25, 0.3) is 5.91 Å². The quantitative estimate of drug-likeness (QED) is 0.840. The van der Waals surface area contributed by atoms with Crippen molar-refractivity contribution in [1.82, 2.24) is 10.3 Å². The Hall–Kier alpha value is -1.63. The Bertz CT molecular complexity index is 393. The molecule has 0 bridgehead atoms. The van der Waals surface area contributed by atoms with Crippen LogP contribution in [0.1, 0.15) is 22.5 Å². The largest absolute Gasteiger partial charge is 0.390 e. The molecule has 1 aromatic heterocycles. The Morgan fingerprint density at radius 3 is 2.76 bits per heavy atom. The number of amides is 1. The van der Waals surface area contributed by atoms with Gasteiger partial charge < -0.3 is 11.1 Å². The number of alkyl halides is 3. The first-order chi connectivity index (χ1) is 7.92. The van der Waals surface area contributed by atoms with E-state index in [4.69, 9.17) is 5.73 Å². The number of nitrogens with one attached hydrogen (secondary N) is 1. The number of nitrogens with two attached hydrogens (primary N) is 1. The van der Waals surface area contributed by atoms with Crippen molar-refractivity contribution in [3.05, 3.63) is 29.6 Å². The number of carbonyl (C=O) groups excluding carboxylic acids is 1. The molecular formula is C10H12F3N3O. The monoisotopic (exact) mass is 247 g/mol. The number of hydrogen-bond donors (Lipinski definition) is 2. The van der Waals surface area contributed by atoms with Crippen LogP contribution in [0.25, 0.3) is 0 Å². The van der Waals surface area contributed by atoms with Crippen molar-refractivity contribution < 1.29 is 18.0 Å². The summed E-state index contributed by atoms with van der Waals surface area (Å²) in [6.07, 6.45) is -3.93. The number of carbonyl (C=O) groups is 1. The van der Waals surface area contributed by atoms with E-state index in [0.717, 1.165) is 0 Å². The molecule has 3 N–H and O–H groups in total. The van der Waals surface area contributed by atoms with E-state index in [1.165, 1.54) is 18.3 Å². The fourth-order valence-corrected chi connectivity index (χ4v) is 1.15. The lowest BCUT2D eigenvalue weighted by Gasteiger charge is -2.08. The van der Waals surface area contributed by atoms with Gasteiger partial charge >= 0.3 is 6.18 Å². The lowest BCUT2D eigenvalue weighted by Crippen LogP contribution is -2.28. The summed E-state index contributed by atoms with van der Waals surface area (Å²) >= 11 is 0. The number of pyridine rings is 1. The highest BCUT2D eigenvalue weighted by molar-refractivity contribution is 5.94. The van der Waals surface area contributed by atoms with E-state index in [-0.39, 0.29) is 12.1 Å². The van der Waals surface area contributed by atoms with Crippen molar-refractivity contribution >= 4 is 5.91 Å². The van der Waals surface area contributed by atoms with Gasteiger partial charge in [-0.1, -0.05) is 0 Å². The maximum atomic E-state index is 11.8. The minimum atomic E-state index is -4.27. The maximum absolute atomic E-state index is 11.8. The number of halogens is 3. The Morgan fingerprint density at radius 1 is 1.47 bits per heavy atom. The van der Waals surface area contributed by atoms with Crippen LogP contribution in [0.5, 0.6) is 0 Å². The highest BCUT2D eigenvalue weighted by atomic mass is 19.4. The number of hydrogen-bond acceptors (Lipinski definition) is 3.